The van der Waals surface area contributed by atoms with Gasteiger partial charge < -0.3 is 5.32 Å². The monoisotopic (exact) mass is 342 g/mol. The normalized spacial score (nSPS) is 19.5. The van der Waals surface area contributed by atoms with E-state index in [9.17, 15) is 17.6 Å². The lowest BCUT2D eigenvalue weighted by atomic mass is 9.98. The Morgan fingerprint density at radius 3 is 2.83 bits per heavy atom. The van der Waals surface area contributed by atoms with Crippen LogP contribution in [0.4, 0.5) is 10.1 Å². The molecule has 1 unspecified atom stereocenters. The van der Waals surface area contributed by atoms with E-state index in [0.717, 1.165) is 6.42 Å². The number of hydrogen-bond donors (Lipinski definition) is 1. The van der Waals surface area contributed by atoms with Crippen molar-refractivity contribution in [3.63, 3.8) is 0 Å². The van der Waals surface area contributed by atoms with Gasteiger partial charge in [0.25, 0.3) is 0 Å². The van der Waals surface area contributed by atoms with E-state index in [1.807, 2.05) is 6.92 Å². The number of hydrogen-bond acceptors (Lipinski definition) is 3. The number of halogens is 1. The Hall–Kier alpha value is -1.47. The molecule has 0 bridgehead atoms. The molecular weight excluding hydrogens is 319 g/mol. The van der Waals surface area contributed by atoms with Gasteiger partial charge in [0.05, 0.1) is 17.4 Å². The first kappa shape index (κ1) is 17.9. The molecule has 5 nitrogen and oxygen atoms in total. The van der Waals surface area contributed by atoms with Crippen molar-refractivity contribution >= 4 is 21.6 Å². The third-order valence-corrected chi connectivity index (χ3v) is 5.96. The van der Waals surface area contributed by atoms with E-state index < -0.39 is 21.8 Å². The minimum atomic E-state index is -3.31. The quantitative estimate of drug-likeness (QED) is 0.864. The lowest BCUT2D eigenvalue weighted by molar-refractivity contribution is -0.120. The second-order valence-corrected chi connectivity index (χ2v) is 7.92. The van der Waals surface area contributed by atoms with Gasteiger partial charge in [-0.3, -0.25) is 4.79 Å². The summed E-state index contributed by atoms with van der Waals surface area (Å²) in [5, 5.41) is 2.56. The molecule has 23 heavy (non-hydrogen) atoms. The molecule has 0 aromatic heterocycles. The van der Waals surface area contributed by atoms with E-state index in [4.69, 9.17) is 0 Å². The van der Waals surface area contributed by atoms with Gasteiger partial charge in [-0.05, 0) is 31.4 Å². The summed E-state index contributed by atoms with van der Waals surface area (Å²) in [7, 11) is -3.31. The number of nitrogens with zero attached hydrogens (tertiary/aromatic N) is 1. The van der Waals surface area contributed by atoms with E-state index in [1.165, 1.54) is 16.4 Å². The molecule has 1 heterocycles. The first-order valence-electron chi connectivity index (χ1n) is 7.97. The van der Waals surface area contributed by atoms with Crippen molar-refractivity contribution < 1.29 is 17.6 Å². The third-order valence-electron chi connectivity index (χ3n) is 4.04. The van der Waals surface area contributed by atoms with Crippen LogP contribution in [0.15, 0.2) is 24.3 Å². The van der Waals surface area contributed by atoms with Crippen molar-refractivity contribution in [2.24, 2.45) is 5.92 Å². The van der Waals surface area contributed by atoms with E-state index in [2.05, 4.69) is 5.32 Å². The van der Waals surface area contributed by atoms with Crippen LogP contribution < -0.4 is 5.32 Å². The number of sulfonamides is 1. The minimum Gasteiger partial charge on any atom is -0.323 e. The van der Waals surface area contributed by atoms with Crippen LogP contribution in [0.25, 0.3) is 0 Å². The molecule has 0 saturated carbocycles. The average molecular weight is 342 g/mol. The van der Waals surface area contributed by atoms with Crippen LogP contribution >= 0.6 is 0 Å². The zero-order chi connectivity index (χ0) is 16.9. The minimum absolute atomic E-state index is 0.116. The number of unbranched alkanes of at least 4 members (excludes halogenated alkanes) is 1. The zero-order valence-corrected chi connectivity index (χ0v) is 14.1. The lowest BCUT2D eigenvalue weighted by Crippen LogP contribution is -2.44. The molecule has 1 N–H and O–H groups in total. The van der Waals surface area contributed by atoms with Crippen molar-refractivity contribution in [1.29, 1.82) is 0 Å². The summed E-state index contributed by atoms with van der Waals surface area (Å²) in [5.74, 6) is -1.15. The maximum Gasteiger partial charge on any atom is 0.228 e. The van der Waals surface area contributed by atoms with Gasteiger partial charge in [0.2, 0.25) is 15.9 Å². The van der Waals surface area contributed by atoms with Gasteiger partial charge in [0.1, 0.15) is 5.82 Å². The molecule has 1 aliphatic heterocycles. The van der Waals surface area contributed by atoms with Gasteiger partial charge in [0.15, 0.2) is 0 Å². The number of nitrogens with one attached hydrogen (secondary N) is 1. The van der Waals surface area contributed by atoms with Gasteiger partial charge in [-0.15, -0.1) is 0 Å². The molecule has 1 amide bonds. The summed E-state index contributed by atoms with van der Waals surface area (Å²) in [4.78, 5) is 12.3. The van der Waals surface area contributed by atoms with Crippen LogP contribution in [0.5, 0.6) is 0 Å². The number of carbonyl (C=O) groups excluding carboxylic acids is 1. The number of carbonyl (C=O) groups is 1. The molecule has 1 saturated heterocycles. The SMILES string of the molecule is CCCCS(=O)(=O)N1CCCC(C(=O)Nc2ccccc2F)C1. The predicted molar refractivity (Wildman–Crippen MR) is 88.0 cm³/mol. The first-order chi connectivity index (χ1) is 10.9. The summed E-state index contributed by atoms with van der Waals surface area (Å²) in [6, 6.07) is 5.96. The molecule has 1 aromatic rings. The Labute approximate surface area is 136 Å². The lowest BCUT2D eigenvalue weighted by Gasteiger charge is -2.31. The van der Waals surface area contributed by atoms with Gasteiger partial charge >= 0.3 is 0 Å². The second kappa shape index (κ2) is 7.88. The summed E-state index contributed by atoms with van der Waals surface area (Å²) >= 11 is 0. The highest BCUT2D eigenvalue weighted by atomic mass is 32.2. The molecular formula is C16H23FN2O3S. The Bertz CT molecular complexity index is 648. The fourth-order valence-electron chi connectivity index (χ4n) is 2.66. The highest BCUT2D eigenvalue weighted by Gasteiger charge is 2.32. The number of piperidine rings is 1. The molecule has 128 valence electrons. The Balaban J connectivity index is 2.00. The number of para-hydroxylation sites is 1. The Kier molecular flexibility index (Phi) is 6.12. The van der Waals surface area contributed by atoms with Crippen LogP contribution in [0.1, 0.15) is 32.6 Å². The highest BCUT2D eigenvalue weighted by Crippen LogP contribution is 2.22. The molecule has 0 spiro atoms. The molecule has 2 rings (SSSR count). The van der Waals surface area contributed by atoms with Crippen LogP contribution in [0.2, 0.25) is 0 Å². The zero-order valence-electron chi connectivity index (χ0n) is 13.3. The van der Waals surface area contributed by atoms with Gasteiger partial charge in [0, 0.05) is 13.1 Å². The first-order valence-corrected chi connectivity index (χ1v) is 9.58. The number of amides is 1. The van der Waals surface area contributed by atoms with Gasteiger partial charge in [-0.25, -0.2) is 17.1 Å². The standard InChI is InChI=1S/C16H23FN2O3S/c1-2-3-11-23(21,22)19-10-6-7-13(12-19)16(20)18-15-9-5-4-8-14(15)17/h4-5,8-9,13H,2-3,6-7,10-12H2,1H3,(H,18,20). The number of anilines is 1. The van der Waals surface area contributed by atoms with Crippen molar-refractivity contribution in [2.75, 3.05) is 24.2 Å². The molecule has 1 atom stereocenters. The van der Waals surface area contributed by atoms with Crippen molar-refractivity contribution in [2.45, 2.75) is 32.6 Å². The summed E-state index contributed by atoms with van der Waals surface area (Å²) in [6.45, 7) is 2.57. The van der Waals surface area contributed by atoms with Crippen LogP contribution in [0, 0.1) is 11.7 Å². The number of benzene rings is 1. The Morgan fingerprint density at radius 2 is 2.13 bits per heavy atom. The fourth-order valence-corrected chi connectivity index (χ4v) is 4.39. The highest BCUT2D eigenvalue weighted by molar-refractivity contribution is 7.89. The largest absolute Gasteiger partial charge is 0.323 e. The van der Waals surface area contributed by atoms with Crippen LogP contribution in [-0.2, 0) is 14.8 Å². The maximum absolute atomic E-state index is 13.6. The molecule has 0 radical (unpaired) electrons. The van der Waals surface area contributed by atoms with Gasteiger partial charge in [-0.1, -0.05) is 25.5 Å². The van der Waals surface area contributed by atoms with E-state index >= 15 is 0 Å². The Morgan fingerprint density at radius 1 is 1.39 bits per heavy atom. The molecule has 7 heteroatoms. The summed E-state index contributed by atoms with van der Waals surface area (Å²) in [5.41, 5.74) is 0.128. The smallest absolute Gasteiger partial charge is 0.228 e. The molecule has 1 fully saturated rings. The van der Waals surface area contributed by atoms with Crippen LogP contribution in [-0.4, -0.2) is 37.5 Å². The van der Waals surface area contributed by atoms with E-state index in [1.54, 1.807) is 12.1 Å². The maximum atomic E-state index is 13.6. The second-order valence-electron chi connectivity index (χ2n) is 5.84. The molecule has 0 aliphatic carbocycles. The fraction of sp³-hybridized carbons (Fsp3) is 0.562. The predicted octanol–water partition coefficient (Wildman–Crippen LogP) is 2.61. The van der Waals surface area contributed by atoms with E-state index in [-0.39, 0.29) is 23.9 Å². The van der Waals surface area contributed by atoms with Crippen molar-refractivity contribution in [1.82, 2.24) is 4.31 Å². The third kappa shape index (κ3) is 4.75. The van der Waals surface area contributed by atoms with E-state index in [0.29, 0.717) is 25.8 Å². The van der Waals surface area contributed by atoms with Crippen molar-refractivity contribution in [3.8, 4) is 0 Å². The summed E-state index contributed by atoms with van der Waals surface area (Å²) in [6.07, 6.45) is 2.68. The topological polar surface area (TPSA) is 66.5 Å². The molecule has 1 aliphatic rings. The summed E-state index contributed by atoms with van der Waals surface area (Å²) < 4.78 is 39.5. The van der Waals surface area contributed by atoms with Crippen LogP contribution in [0.3, 0.4) is 0 Å². The average Bonchev–Trinajstić information content (AvgIpc) is 2.55. The van der Waals surface area contributed by atoms with Crippen molar-refractivity contribution in [3.05, 3.63) is 30.1 Å². The number of rotatable bonds is 6. The van der Waals surface area contributed by atoms with Gasteiger partial charge in [-0.2, -0.15) is 0 Å². The molecule has 1 aromatic carbocycles.